The Balaban J connectivity index is 0.000000231. The second-order valence-corrected chi connectivity index (χ2v) is 26.1. The molecule has 0 saturated carbocycles. The number of benzene rings is 6. The summed E-state index contributed by atoms with van der Waals surface area (Å²) in [5.41, 5.74) is 16.7. The molecule has 0 spiro atoms. The topological polar surface area (TPSA) is 236 Å². The van der Waals surface area contributed by atoms with Gasteiger partial charge in [-0.25, -0.2) is 26.8 Å². The van der Waals surface area contributed by atoms with Crippen LogP contribution in [0.4, 0.5) is 10.3 Å². The second-order valence-electron chi connectivity index (χ2n) is 20.2. The number of anilines is 2. The molecular weight excluding hydrogens is 1090 g/mol. The molecule has 0 aliphatic carbocycles. The van der Waals surface area contributed by atoms with Crippen LogP contribution in [-0.2, 0) is 55.6 Å². The number of rotatable bonds is 28. The van der Waals surface area contributed by atoms with Crippen LogP contribution in [0.25, 0.3) is 20.4 Å². The third kappa shape index (κ3) is 17.3. The van der Waals surface area contributed by atoms with Gasteiger partial charge in [-0.3, -0.25) is 0 Å². The standard InChI is InChI=1S/2C30H36N4O4S2/c1-21(2)18-34(40(36,37)28-16-10-15-25-29(28)39-30(31)33-25)19-27(35)26(17-23-11-6-4-7-12-23)32-22(3)38-20-24-13-8-5-9-14-24;1-21(2)18-34(40(36,37)25-14-15-29-27(17-25)33-30(31)39-29)19-28(35)26(16-23-10-6-4-7-11-23)32-22(3)38-20-24-12-8-5-9-13-24/h4-16,21,26-27,32,35H,3,17-20H2,1-2H3,(H2,31,33);4-15,17,21,26,28,32,35H,3,16,18-20H2,1-2H3,(H2,31,33)/t26-,27+;26-,28+/m00/s1. The first-order chi connectivity index (χ1) is 38.2. The second kappa shape index (κ2) is 28.5. The number of sulfonamides is 2. The van der Waals surface area contributed by atoms with Crippen LogP contribution < -0.4 is 22.1 Å². The Morgan fingerprint density at radius 2 is 0.975 bits per heavy atom. The smallest absolute Gasteiger partial charge is 0.244 e. The van der Waals surface area contributed by atoms with E-state index in [2.05, 4.69) is 33.8 Å². The van der Waals surface area contributed by atoms with Gasteiger partial charge >= 0.3 is 0 Å². The van der Waals surface area contributed by atoms with Gasteiger partial charge in [0.25, 0.3) is 0 Å². The maximum absolute atomic E-state index is 14.0. The van der Waals surface area contributed by atoms with Crippen molar-refractivity contribution in [3.8, 4) is 0 Å². The van der Waals surface area contributed by atoms with E-state index in [1.807, 2.05) is 149 Å². The molecule has 6 aromatic carbocycles. The van der Waals surface area contributed by atoms with E-state index in [1.165, 1.54) is 26.0 Å². The average molecular weight is 1160 g/mol. The molecule has 4 atom stereocenters. The average Bonchev–Trinajstić information content (AvgIpc) is 4.02. The zero-order valence-corrected chi connectivity index (χ0v) is 48.7. The molecule has 0 radical (unpaired) electrons. The molecule has 0 saturated heterocycles. The van der Waals surface area contributed by atoms with Gasteiger partial charge in [0.05, 0.1) is 49.6 Å². The van der Waals surface area contributed by atoms with E-state index in [0.29, 0.717) is 63.8 Å². The fourth-order valence-corrected chi connectivity index (χ4v) is 14.1. The van der Waals surface area contributed by atoms with E-state index in [1.54, 1.807) is 30.3 Å². The number of fused-ring (bicyclic) bond motifs is 2. The van der Waals surface area contributed by atoms with Gasteiger partial charge in [0.1, 0.15) is 18.1 Å². The predicted octanol–water partition coefficient (Wildman–Crippen LogP) is 9.55. The molecule has 0 bridgehead atoms. The molecule has 16 nitrogen and oxygen atoms in total. The normalized spacial score (nSPS) is 13.4. The van der Waals surface area contributed by atoms with Crippen molar-refractivity contribution >= 4 is 73.4 Å². The van der Waals surface area contributed by atoms with E-state index in [0.717, 1.165) is 38.3 Å². The van der Waals surface area contributed by atoms with E-state index in [-0.39, 0.29) is 47.8 Å². The first kappa shape index (κ1) is 60.8. The number of nitrogens with two attached hydrogens (primary N) is 2. The van der Waals surface area contributed by atoms with Crippen LogP contribution in [0.1, 0.15) is 49.9 Å². The number of nitrogens with zero attached hydrogens (tertiary/aromatic N) is 4. The summed E-state index contributed by atoms with van der Waals surface area (Å²) in [5, 5.41) is 30.1. The van der Waals surface area contributed by atoms with Crippen LogP contribution in [0, 0.1) is 11.8 Å². The third-order valence-corrected chi connectivity index (χ3v) is 18.3. The fraction of sp³-hybridized carbons (Fsp3) is 0.300. The monoisotopic (exact) mass is 1160 g/mol. The minimum atomic E-state index is -3.98. The highest BCUT2D eigenvalue weighted by Crippen LogP contribution is 2.33. The summed E-state index contributed by atoms with van der Waals surface area (Å²) in [6, 6.07) is 47.5. The van der Waals surface area contributed by atoms with Crippen molar-refractivity contribution in [2.75, 3.05) is 37.6 Å². The molecule has 8 aromatic rings. The van der Waals surface area contributed by atoms with E-state index in [4.69, 9.17) is 20.9 Å². The number of aromatic nitrogens is 2. The molecule has 424 valence electrons. The Morgan fingerprint density at radius 3 is 1.44 bits per heavy atom. The lowest BCUT2D eigenvalue weighted by molar-refractivity contribution is 0.0878. The van der Waals surface area contributed by atoms with E-state index >= 15 is 0 Å². The quantitative estimate of drug-likeness (QED) is 0.0251. The predicted molar refractivity (Wildman–Crippen MR) is 322 cm³/mol. The van der Waals surface area contributed by atoms with Crippen molar-refractivity contribution in [2.24, 2.45) is 11.8 Å². The van der Waals surface area contributed by atoms with Crippen molar-refractivity contribution in [1.29, 1.82) is 0 Å². The summed E-state index contributed by atoms with van der Waals surface area (Å²) in [7, 11) is -7.92. The van der Waals surface area contributed by atoms with Gasteiger partial charge in [-0.15, -0.1) is 0 Å². The van der Waals surface area contributed by atoms with E-state index < -0.39 is 44.3 Å². The maximum Gasteiger partial charge on any atom is 0.244 e. The van der Waals surface area contributed by atoms with Crippen molar-refractivity contribution in [3.63, 3.8) is 0 Å². The van der Waals surface area contributed by atoms with Crippen molar-refractivity contribution in [1.82, 2.24) is 29.2 Å². The molecule has 2 heterocycles. The Bertz CT molecular complexity index is 3480. The lowest BCUT2D eigenvalue weighted by Crippen LogP contribution is -2.49. The molecular formula is C60H72N8O8S4. The maximum atomic E-state index is 14.0. The first-order valence-corrected chi connectivity index (χ1v) is 30.8. The number of aliphatic hydroxyl groups is 2. The minimum Gasteiger partial charge on any atom is -0.475 e. The molecule has 8 rings (SSSR count). The highest BCUT2D eigenvalue weighted by Gasteiger charge is 2.34. The van der Waals surface area contributed by atoms with Crippen LogP contribution in [0.5, 0.6) is 0 Å². The number of hydrogen-bond donors (Lipinski definition) is 6. The Kier molecular flexibility index (Phi) is 21.6. The van der Waals surface area contributed by atoms with Crippen molar-refractivity contribution < 1.29 is 36.5 Å². The van der Waals surface area contributed by atoms with Gasteiger partial charge in [0.15, 0.2) is 22.0 Å². The van der Waals surface area contributed by atoms with Gasteiger partial charge in [-0.05, 0) is 90.4 Å². The number of nitrogens with one attached hydrogen (secondary N) is 2. The molecule has 80 heavy (non-hydrogen) atoms. The summed E-state index contributed by atoms with van der Waals surface area (Å²) < 4.78 is 71.3. The molecule has 0 amide bonds. The summed E-state index contributed by atoms with van der Waals surface area (Å²) in [6.07, 6.45) is -1.26. The van der Waals surface area contributed by atoms with Crippen molar-refractivity contribution in [2.45, 2.75) is 87.8 Å². The summed E-state index contributed by atoms with van der Waals surface area (Å²) in [4.78, 5) is 8.74. The molecule has 2 aromatic heterocycles. The molecule has 8 N–H and O–H groups in total. The van der Waals surface area contributed by atoms with E-state index in [9.17, 15) is 27.0 Å². The highest BCUT2D eigenvalue weighted by molar-refractivity contribution is 7.89. The van der Waals surface area contributed by atoms with Gasteiger partial charge in [-0.1, -0.05) is 178 Å². The minimum absolute atomic E-state index is 0.0254. The lowest BCUT2D eigenvalue weighted by atomic mass is 10.0. The Hall–Kier alpha value is -6.88. The van der Waals surface area contributed by atoms with Crippen LogP contribution in [-0.4, -0.2) is 96.1 Å². The summed E-state index contributed by atoms with van der Waals surface area (Å²) in [5.74, 6) is 0.656. The van der Waals surface area contributed by atoms with Crippen LogP contribution in [0.2, 0.25) is 0 Å². The largest absolute Gasteiger partial charge is 0.475 e. The molecule has 0 aliphatic rings. The van der Waals surface area contributed by atoms with Gasteiger partial charge in [0, 0.05) is 26.2 Å². The first-order valence-electron chi connectivity index (χ1n) is 26.2. The number of hydrogen-bond acceptors (Lipinski definition) is 16. The number of ether oxygens (including phenoxy) is 2. The fourth-order valence-electron chi connectivity index (χ4n) is 8.83. The van der Waals surface area contributed by atoms with Gasteiger partial charge in [-0.2, -0.15) is 8.61 Å². The SMILES string of the molecule is C=C(N[C@@H](Cc1ccccc1)[C@H](O)CN(CC(C)C)S(=O)(=O)c1ccc2sc(N)nc2c1)OCc1ccccc1.C=C(N[C@@H](Cc1ccccc1)[C@H](O)CN(CC(C)C)S(=O)(=O)c1cccc2nc(N)sc12)OCc1ccccc1. The lowest BCUT2D eigenvalue weighted by Gasteiger charge is -2.31. The number of aliphatic hydroxyl groups excluding tert-OH is 2. The van der Waals surface area contributed by atoms with Crippen molar-refractivity contribution in [3.05, 3.63) is 205 Å². The number of thiazole rings is 2. The zero-order valence-electron chi connectivity index (χ0n) is 45.5. The third-order valence-electron chi connectivity index (χ3n) is 12.7. The highest BCUT2D eigenvalue weighted by atomic mass is 32.2. The van der Waals surface area contributed by atoms with Crippen LogP contribution >= 0.6 is 22.7 Å². The van der Waals surface area contributed by atoms with Gasteiger partial charge in [0.2, 0.25) is 20.0 Å². The Labute approximate surface area is 478 Å². The molecule has 20 heteroatoms. The summed E-state index contributed by atoms with van der Waals surface area (Å²) >= 11 is 2.44. The molecule has 0 aliphatic heterocycles. The summed E-state index contributed by atoms with van der Waals surface area (Å²) in [6.45, 7) is 16.6. The molecule has 0 fully saturated rings. The number of nitrogen functional groups attached to an aromatic ring is 2. The van der Waals surface area contributed by atoms with Crippen LogP contribution in [0.15, 0.2) is 192 Å². The van der Waals surface area contributed by atoms with Crippen LogP contribution in [0.3, 0.4) is 0 Å². The Morgan fingerprint density at radius 1 is 0.550 bits per heavy atom. The van der Waals surface area contributed by atoms with Gasteiger partial charge < -0.3 is 41.8 Å². The molecule has 0 unspecified atom stereocenters. The zero-order chi connectivity index (χ0) is 57.4.